The van der Waals surface area contributed by atoms with Gasteiger partial charge in [0.2, 0.25) is 0 Å². The van der Waals surface area contributed by atoms with E-state index in [-0.39, 0.29) is 18.1 Å². The molecule has 0 aromatic heterocycles. The number of phenolic OH excluding ortho intramolecular Hbond substituents is 1. The number of ether oxygens (including phenoxy) is 2. The van der Waals surface area contributed by atoms with Crippen LogP contribution in [-0.2, 0) is 22.5 Å². The normalized spacial score (nSPS) is 10.2. The summed E-state index contributed by atoms with van der Waals surface area (Å²) in [6.45, 7) is 2.71. The zero-order valence-corrected chi connectivity index (χ0v) is 14.0. The molecular formula is C19H23NO4. The van der Waals surface area contributed by atoms with Crippen LogP contribution in [0.2, 0.25) is 0 Å². The molecule has 128 valence electrons. The summed E-state index contributed by atoms with van der Waals surface area (Å²) in [5, 5.41) is 13.6. The van der Waals surface area contributed by atoms with E-state index in [4.69, 9.17) is 9.47 Å². The van der Waals surface area contributed by atoms with E-state index < -0.39 is 0 Å². The molecule has 0 radical (unpaired) electrons. The molecule has 2 rings (SSSR count). The van der Waals surface area contributed by atoms with Crippen molar-refractivity contribution < 1.29 is 19.4 Å². The molecule has 0 amide bonds. The Hall–Kier alpha value is -2.69. The molecule has 2 aromatic carbocycles. The van der Waals surface area contributed by atoms with Gasteiger partial charge in [-0.3, -0.25) is 4.79 Å². The third kappa shape index (κ3) is 4.91. The van der Waals surface area contributed by atoms with Crippen LogP contribution in [0.15, 0.2) is 42.5 Å². The van der Waals surface area contributed by atoms with Gasteiger partial charge in [-0.2, -0.15) is 0 Å². The van der Waals surface area contributed by atoms with Crippen LogP contribution in [0.25, 0.3) is 0 Å². The molecule has 0 spiro atoms. The Kier molecular flexibility index (Phi) is 6.49. The van der Waals surface area contributed by atoms with Gasteiger partial charge in [-0.05, 0) is 42.7 Å². The highest BCUT2D eigenvalue weighted by Gasteiger charge is 2.10. The summed E-state index contributed by atoms with van der Waals surface area (Å²) in [4.78, 5) is 11.5. The second kappa shape index (κ2) is 8.82. The molecule has 0 atom stereocenters. The van der Waals surface area contributed by atoms with Crippen molar-refractivity contribution in [1.29, 1.82) is 0 Å². The summed E-state index contributed by atoms with van der Waals surface area (Å²) in [6.07, 6.45) is 0.695. The molecule has 5 heteroatoms. The van der Waals surface area contributed by atoms with E-state index in [9.17, 15) is 9.90 Å². The van der Waals surface area contributed by atoms with Gasteiger partial charge in [0.15, 0.2) is 0 Å². The lowest BCUT2D eigenvalue weighted by Crippen LogP contribution is -2.06. The van der Waals surface area contributed by atoms with E-state index in [2.05, 4.69) is 5.32 Å². The van der Waals surface area contributed by atoms with Crippen LogP contribution >= 0.6 is 0 Å². The van der Waals surface area contributed by atoms with Crippen molar-refractivity contribution in [2.45, 2.75) is 26.3 Å². The Balaban J connectivity index is 2.00. The SMILES string of the molecule is CCOC(=O)CCc1cccc(NCc2cccc(OC)c2)c1O. The zero-order valence-electron chi connectivity index (χ0n) is 14.0. The van der Waals surface area contributed by atoms with Crippen LogP contribution in [0.4, 0.5) is 5.69 Å². The lowest BCUT2D eigenvalue weighted by Gasteiger charge is -2.12. The number of methoxy groups -OCH3 is 1. The van der Waals surface area contributed by atoms with E-state index in [1.54, 1.807) is 14.0 Å². The standard InChI is InChI=1S/C19H23NO4/c1-3-24-18(21)11-10-15-7-5-9-17(19(15)22)20-13-14-6-4-8-16(12-14)23-2/h4-9,12,20,22H,3,10-11,13H2,1-2H3. The van der Waals surface area contributed by atoms with E-state index in [0.717, 1.165) is 16.9 Å². The van der Waals surface area contributed by atoms with E-state index in [0.29, 0.717) is 25.3 Å². The number of anilines is 1. The van der Waals surface area contributed by atoms with Crippen molar-refractivity contribution in [2.24, 2.45) is 0 Å². The highest BCUT2D eigenvalue weighted by atomic mass is 16.5. The molecule has 0 heterocycles. The number of hydrogen-bond donors (Lipinski definition) is 2. The number of benzene rings is 2. The van der Waals surface area contributed by atoms with Crippen molar-refractivity contribution in [3.63, 3.8) is 0 Å². The molecule has 5 nitrogen and oxygen atoms in total. The van der Waals surface area contributed by atoms with Crippen LogP contribution in [0, 0.1) is 0 Å². The Morgan fingerprint density at radius 3 is 2.75 bits per heavy atom. The number of rotatable bonds is 8. The number of hydrogen-bond acceptors (Lipinski definition) is 5. The van der Waals surface area contributed by atoms with Gasteiger partial charge in [0.05, 0.1) is 19.4 Å². The summed E-state index contributed by atoms with van der Waals surface area (Å²) in [6, 6.07) is 13.2. The summed E-state index contributed by atoms with van der Waals surface area (Å²) in [5.74, 6) is 0.707. The van der Waals surface area contributed by atoms with E-state index >= 15 is 0 Å². The average Bonchev–Trinajstić information content (AvgIpc) is 2.60. The van der Waals surface area contributed by atoms with Crippen molar-refractivity contribution in [1.82, 2.24) is 0 Å². The second-order valence-corrected chi connectivity index (χ2v) is 5.32. The summed E-state index contributed by atoms with van der Waals surface area (Å²) in [5.41, 5.74) is 2.41. The Morgan fingerprint density at radius 2 is 2.00 bits per heavy atom. The van der Waals surface area contributed by atoms with Crippen LogP contribution in [-0.4, -0.2) is 24.8 Å². The first-order chi connectivity index (χ1) is 11.6. The number of esters is 1. The average molecular weight is 329 g/mol. The Morgan fingerprint density at radius 1 is 1.21 bits per heavy atom. The van der Waals surface area contributed by atoms with Crippen LogP contribution in [0.1, 0.15) is 24.5 Å². The number of para-hydroxylation sites is 1. The molecule has 0 aliphatic carbocycles. The fraction of sp³-hybridized carbons (Fsp3) is 0.316. The van der Waals surface area contributed by atoms with Gasteiger partial charge in [-0.25, -0.2) is 0 Å². The number of carbonyl (C=O) groups excluding carboxylic acids is 1. The quantitative estimate of drug-likeness (QED) is 0.573. The number of carbonyl (C=O) groups is 1. The van der Waals surface area contributed by atoms with Gasteiger partial charge in [0.1, 0.15) is 11.5 Å². The predicted molar refractivity (Wildman–Crippen MR) is 93.4 cm³/mol. The third-order valence-corrected chi connectivity index (χ3v) is 3.64. The number of nitrogens with one attached hydrogen (secondary N) is 1. The van der Waals surface area contributed by atoms with Gasteiger partial charge in [-0.1, -0.05) is 24.3 Å². The van der Waals surface area contributed by atoms with Gasteiger partial charge >= 0.3 is 5.97 Å². The Labute approximate surface area is 142 Å². The highest BCUT2D eigenvalue weighted by molar-refractivity contribution is 5.70. The minimum Gasteiger partial charge on any atom is -0.505 e. The summed E-state index contributed by atoms with van der Waals surface area (Å²) >= 11 is 0. The molecule has 24 heavy (non-hydrogen) atoms. The molecule has 0 bridgehead atoms. The number of phenols is 1. The molecular weight excluding hydrogens is 306 g/mol. The highest BCUT2D eigenvalue weighted by Crippen LogP contribution is 2.29. The first kappa shape index (κ1) is 17.7. The Bertz CT molecular complexity index is 685. The monoisotopic (exact) mass is 329 g/mol. The maximum atomic E-state index is 11.5. The molecule has 2 N–H and O–H groups in total. The molecule has 2 aromatic rings. The summed E-state index contributed by atoms with van der Waals surface area (Å²) in [7, 11) is 1.63. The van der Waals surface area contributed by atoms with Gasteiger partial charge in [-0.15, -0.1) is 0 Å². The third-order valence-electron chi connectivity index (χ3n) is 3.64. The maximum Gasteiger partial charge on any atom is 0.306 e. The lowest BCUT2D eigenvalue weighted by molar-refractivity contribution is -0.143. The van der Waals surface area contributed by atoms with Crippen molar-refractivity contribution in [2.75, 3.05) is 19.0 Å². The predicted octanol–water partition coefficient (Wildman–Crippen LogP) is 3.51. The molecule has 0 unspecified atom stereocenters. The fourth-order valence-electron chi connectivity index (χ4n) is 2.39. The smallest absolute Gasteiger partial charge is 0.306 e. The largest absolute Gasteiger partial charge is 0.505 e. The molecule has 0 saturated heterocycles. The van der Waals surface area contributed by atoms with Crippen molar-refractivity contribution in [3.8, 4) is 11.5 Å². The minimum absolute atomic E-state index is 0.171. The molecule has 0 aliphatic rings. The first-order valence-corrected chi connectivity index (χ1v) is 7.97. The van der Waals surface area contributed by atoms with Crippen LogP contribution in [0.3, 0.4) is 0 Å². The summed E-state index contributed by atoms with van der Waals surface area (Å²) < 4.78 is 10.1. The van der Waals surface area contributed by atoms with E-state index in [1.807, 2.05) is 42.5 Å². The van der Waals surface area contributed by atoms with Gasteiger partial charge in [0.25, 0.3) is 0 Å². The van der Waals surface area contributed by atoms with Crippen molar-refractivity contribution in [3.05, 3.63) is 53.6 Å². The second-order valence-electron chi connectivity index (χ2n) is 5.32. The molecule has 0 fully saturated rings. The van der Waals surface area contributed by atoms with E-state index in [1.165, 1.54) is 0 Å². The van der Waals surface area contributed by atoms with Crippen LogP contribution < -0.4 is 10.1 Å². The lowest BCUT2D eigenvalue weighted by atomic mass is 10.1. The first-order valence-electron chi connectivity index (χ1n) is 7.97. The topological polar surface area (TPSA) is 67.8 Å². The molecule has 0 saturated carbocycles. The maximum absolute atomic E-state index is 11.5. The number of aromatic hydroxyl groups is 1. The zero-order chi connectivity index (χ0) is 17.4. The molecule has 0 aliphatic heterocycles. The van der Waals surface area contributed by atoms with Crippen molar-refractivity contribution >= 4 is 11.7 Å². The fourth-order valence-corrected chi connectivity index (χ4v) is 2.39. The van der Waals surface area contributed by atoms with Gasteiger partial charge < -0.3 is 19.9 Å². The van der Waals surface area contributed by atoms with Gasteiger partial charge in [0, 0.05) is 13.0 Å². The van der Waals surface area contributed by atoms with Crippen LogP contribution in [0.5, 0.6) is 11.5 Å². The minimum atomic E-state index is -0.258. The number of aryl methyl sites for hydroxylation is 1.